The Morgan fingerprint density at radius 1 is 1.20 bits per heavy atom. The van der Waals surface area contributed by atoms with E-state index < -0.39 is 23.8 Å². The normalized spacial score (nSPS) is 21.6. The van der Waals surface area contributed by atoms with E-state index in [1.54, 1.807) is 23.1 Å². The summed E-state index contributed by atoms with van der Waals surface area (Å²) in [5.41, 5.74) is 1.35. The summed E-state index contributed by atoms with van der Waals surface area (Å²) in [6, 6.07) is 4.33. The van der Waals surface area contributed by atoms with E-state index in [1.165, 1.54) is 0 Å². The van der Waals surface area contributed by atoms with Crippen LogP contribution in [0.1, 0.15) is 40.0 Å². The van der Waals surface area contributed by atoms with Crippen molar-refractivity contribution in [2.45, 2.75) is 25.3 Å². The topological polar surface area (TPSA) is 86.7 Å². The SMILES string of the molecule is O=C1NC(=O)c2cc(N3CCCCC3C(=O)O)ccc21. The summed E-state index contributed by atoms with van der Waals surface area (Å²) in [6.07, 6.45) is 2.40. The van der Waals surface area contributed by atoms with Gasteiger partial charge in [0, 0.05) is 12.2 Å². The molecule has 3 rings (SSSR count). The number of carbonyl (C=O) groups excluding carboxylic acids is 2. The average molecular weight is 274 g/mol. The first-order valence-corrected chi connectivity index (χ1v) is 6.57. The Kier molecular flexibility index (Phi) is 2.93. The van der Waals surface area contributed by atoms with Crippen LogP contribution in [0.3, 0.4) is 0 Å². The quantitative estimate of drug-likeness (QED) is 0.786. The molecule has 6 nitrogen and oxygen atoms in total. The molecule has 0 radical (unpaired) electrons. The number of benzene rings is 1. The third-order valence-corrected chi connectivity index (χ3v) is 3.84. The van der Waals surface area contributed by atoms with Gasteiger partial charge < -0.3 is 10.0 Å². The lowest BCUT2D eigenvalue weighted by molar-refractivity contribution is -0.139. The van der Waals surface area contributed by atoms with Gasteiger partial charge in [-0.1, -0.05) is 0 Å². The highest BCUT2D eigenvalue weighted by atomic mass is 16.4. The monoisotopic (exact) mass is 274 g/mol. The molecule has 1 aromatic carbocycles. The molecule has 0 saturated carbocycles. The summed E-state index contributed by atoms with van der Waals surface area (Å²) in [7, 11) is 0. The first-order chi connectivity index (χ1) is 9.58. The molecular weight excluding hydrogens is 260 g/mol. The van der Waals surface area contributed by atoms with Crippen molar-refractivity contribution in [2.24, 2.45) is 0 Å². The minimum absolute atomic E-state index is 0.321. The molecule has 2 amide bonds. The number of fused-ring (bicyclic) bond motifs is 1. The smallest absolute Gasteiger partial charge is 0.326 e. The number of anilines is 1. The number of carboxylic acid groups (broad SMARTS) is 1. The lowest BCUT2D eigenvalue weighted by Gasteiger charge is -2.35. The number of carbonyl (C=O) groups is 3. The summed E-state index contributed by atoms with van der Waals surface area (Å²) < 4.78 is 0. The van der Waals surface area contributed by atoms with Crippen molar-refractivity contribution in [3.05, 3.63) is 29.3 Å². The number of hydrogen-bond acceptors (Lipinski definition) is 4. The van der Waals surface area contributed by atoms with Crippen molar-refractivity contribution in [2.75, 3.05) is 11.4 Å². The number of nitrogens with zero attached hydrogens (tertiary/aromatic N) is 1. The predicted molar refractivity (Wildman–Crippen MR) is 70.9 cm³/mol. The predicted octanol–water partition coefficient (Wildman–Crippen LogP) is 1.01. The van der Waals surface area contributed by atoms with Crippen molar-refractivity contribution in [3.8, 4) is 0 Å². The van der Waals surface area contributed by atoms with E-state index in [1.807, 2.05) is 0 Å². The number of rotatable bonds is 2. The van der Waals surface area contributed by atoms with Crippen molar-refractivity contribution in [1.29, 1.82) is 0 Å². The van der Waals surface area contributed by atoms with Crippen LogP contribution in [0.15, 0.2) is 18.2 Å². The molecule has 1 fully saturated rings. The minimum Gasteiger partial charge on any atom is -0.480 e. The van der Waals surface area contributed by atoms with Crippen LogP contribution in [-0.4, -0.2) is 35.5 Å². The van der Waals surface area contributed by atoms with Crippen molar-refractivity contribution in [3.63, 3.8) is 0 Å². The fourth-order valence-corrected chi connectivity index (χ4v) is 2.83. The van der Waals surface area contributed by atoms with Gasteiger partial charge in [-0.2, -0.15) is 0 Å². The maximum absolute atomic E-state index is 11.7. The number of hydrogen-bond donors (Lipinski definition) is 2. The fraction of sp³-hybridized carbons (Fsp3) is 0.357. The standard InChI is InChI=1S/C14H14N2O4/c17-12-9-5-4-8(7-10(9)13(18)15-12)16-6-2-1-3-11(16)14(19)20/h4-5,7,11H,1-3,6H2,(H,19,20)(H,15,17,18). The van der Waals surface area contributed by atoms with Crippen LogP contribution in [0.2, 0.25) is 0 Å². The summed E-state index contributed by atoms with van der Waals surface area (Å²) >= 11 is 0. The lowest BCUT2D eigenvalue weighted by atomic mass is 10.00. The van der Waals surface area contributed by atoms with Crippen molar-refractivity contribution >= 4 is 23.5 Å². The molecule has 0 bridgehead atoms. The molecule has 6 heteroatoms. The van der Waals surface area contributed by atoms with Gasteiger partial charge in [-0.3, -0.25) is 14.9 Å². The maximum Gasteiger partial charge on any atom is 0.326 e. The Hall–Kier alpha value is -2.37. The molecule has 1 saturated heterocycles. The number of imide groups is 1. The minimum atomic E-state index is -0.856. The maximum atomic E-state index is 11.7. The van der Waals surface area contributed by atoms with Gasteiger partial charge in [0.1, 0.15) is 6.04 Å². The Bertz CT molecular complexity index is 611. The van der Waals surface area contributed by atoms with Crippen LogP contribution in [-0.2, 0) is 4.79 Å². The van der Waals surface area contributed by atoms with Gasteiger partial charge in [-0.05, 0) is 37.5 Å². The summed E-state index contributed by atoms with van der Waals surface area (Å²) in [6.45, 7) is 0.644. The summed E-state index contributed by atoms with van der Waals surface area (Å²) in [5.74, 6) is -1.67. The zero-order valence-electron chi connectivity index (χ0n) is 10.8. The van der Waals surface area contributed by atoms with Crippen molar-refractivity contribution < 1.29 is 19.5 Å². The zero-order chi connectivity index (χ0) is 14.3. The molecule has 2 heterocycles. The van der Waals surface area contributed by atoms with Gasteiger partial charge in [0.15, 0.2) is 0 Å². The molecule has 1 unspecified atom stereocenters. The molecule has 0 spiro atoms. The number of piperidine rings is 1. The number of carboxylic acids is 1. The van der Waals surface area contributed by atoms with E-state index in [0.717, 1.165) is 12.8 Å². The Labute approximate surface area is 115 Å². The van der Waals surface area contributed by atoms with Crippen LogP contribution in [0.4, 0.5) is 5.69 Å². The molecule has 2 aliphatic rings. The highest BCUT2D eigenvalue weighted by Crippen LogP contribution is 2.28. The third kappa shape index (κ3) is 1.93. The number of amides is 2. The molecule has 0 aromatic heterocycles. The second-order valence-electron chi connectivity index (χ2n) is 5.06. The van der Waals surface area contributed by atoms with E-state index in [4.69, 9.17) is 0 Å². The second-order valence-corrected chi connectivity index (χ2v) is 5.06. The van der Waals surface area contributed by atoms with Gasteiger partial charge in [0.25, 0.3) is 11.8 Å². The van der Waals surface area contributed by atoms with Crippen LogP contribution < -0.4 is 10.2 Å². The van der Waals surface area contributed by atoms with E-state index in [0.29, 0.717) is 29.8 Å². The molecule has 104 valence electrons. The van der Waals surface area contributed by atoms with Gasteiger partial charge in [0.2, 0.25) is 0 Å². The van der Waals surface area contributed by atoms with Crippen molar-refractivity contribution in [1.82, 2.24) is 5.32 Å². The molecule has 0 aliphatic carbocycles. The van der Waals surface area contributed by atoms with Gasteiger partial charge >= 0.3 is 5.97 Å². The van der Waals surface area contributed by atoms with E-state index in [-0.39, 0.29) is 0 Å². The molecular formula is C14H14N2O4. The van der Waals surface area contributed by atoms with Crippen LogP contribution in [0, 0.1) is 0 Å². The summed E-state index contributed by atoms with van der Waals surface area (Å²) in [4.78, 5) is 36.3. The highest BCUT2D eigenvalue weighted by Gasteiger charge is 2.31. The number of aliphatic carboxylic acids is 1. The molecule has 1 atom stereocenters. The largest absolute Gasteiger partial charge is 0.480 e. The Balaban J connectivity index is 1.98. The Morgan fingerprint density at radius 2 is 1.95 bits per heavy atom. The average Bonchev–Trinajstić information content (AvgIpc) is 2.73. The first kappa shape index (κ1) is 12.7. The van der Waals surface area contributed by atoms with Crippen LogP contribution in [0.5, 0.6) is 0 Å². The third-order valence-electron chi connectivity index (χ3n) is 3.84. The number of nitrogens with one attached hydrogen (secondary N) is 1. The molecule has 1 aromatic rings. The molecule has 2 N–H and O–H groups in total. The second kappa shape index (κ2) is 4.63. The van der Waals surface area contributed by atoms with Crippen LogP contribution >= 0.6 is 0 Å². The van der Waals surface area contributed by atoms with Gasteiger partial charge in [-0.25, -0.2) is 4.79 Å². The van der Waals surface area contributed by atoms with E-state index in [2.05, 4.69) is 5.32 Å². The van der Waals surface area contributed by atoms with Gasteiger partial charge in [-0.15, -0.1) is 0 Å². The molecule has 2 aliphatic heterocycles. The van der Waals surface area contributed by atoms with E-state index in [9.17, 15) is 19.5 Å². The summed E-state index contributed by atoms with van der Waals surface area (Å²) in [5, 5.41) is 11.5. The van der Waals surface area contributed by atoms with E-state index >= 15 is 0 Å². The highest BCUT2D eigenvalue weighted by molar-refractivity contribution is 6.21. The first-order valence-electron chi connectivity index (χ1n) is 6.57. The fourth-order valence-electron chi connectivity index (χ4n) is 2.83. The van der Waals surface area contributed by atoms with Gasteiger partial charge in [0.05, 0.1) is 11.1 Å². The van der Waals surface area contributed by atoms with Crippen LogP contribution in [0.25, 0.3) is 0 Å². The molecule has 20 heavy (non-hydrogen) atoms. The lowest BCUT2D eigenvalue weighted by Crippen LogP contribution is -2.44. The zero-order valence-corrected chi connectivity index (χ0v) is 10.8. The Morgan fingerprint density at radius 3 is 2.70 bits per heavy atom.